The molecule has 23 heavy (non-hydrogen) atoms. The Balaban J connectivity index is 1.76. The standard InChI is InChI=1S/C15H25N5OS2/c1-11-12(22-10-19-11)13(21)17-5-6-18-14(16-4)20-7-8-23-15(2,3)9-20/h10H,5-9H2,1-4H3,(H,16,18)(H,17,21). The van der Waals surface area contributed by atoms with Crippen LogP contribution in [0, 0.1) is 6.92 Å². The number of hydrogen-bond acceptors (Lipinski definition) is 5. The van der Waals surface area contributed by atoms with Gasteiger partial charge in [-0.2, -0.15) is 11.8 Å². The van der Waals surface area contributed by atoms with E-state index in [-0.39, 0.29) is 10.7 Å². The molecule has 2 rings (SSSR count). The van der Waals surface area contributed by atoms with Gasteiger partial charge in [0.05, 0.1) is 11.2 Å². The van der Waals surface area contributed by atoms with Crippen LogP contribution in [-0.2, 0) is 0 Å². The number of thioether (sulfide) groups is 1. The lowest BCUT2D eigenvalue weighted by molar-refractivity contribution is 0.0957. The molecular weight excluding hydrogens is 330 g/mol. The van der Waals surface area contributed by atoms with Crippen LogP contribution < -0.4 is 10.6 Å². The number of carbonyl (C=O) groups excluding carboxylic acids is 1. The zero-order valence-corrected chi connectivity index (χ0v) is 15.8. The zero-order chi connectivity index (χ0) is 16.9. The molecule has 2 heterocycles. The van der Waals surface area contributed by atoms with Gasteiger partial charge in [0, 0.05) is 43.7 Å². The van der Waals surface area contributed by atoms with E-state index in [0.717, 1.165) is 30.5 Å². The van der Waals surface area contributed by atoms with Crippen LogP contribution in [0.2, 0.25) is 0 Å². The van der Waals surface area contributed by atoms with E-state index >= 15 is 0 Å². The van der Waals surface area contributed by atoms with Crippen LogP contribution in [-0.4, -0.2) is 65.5 Å². The summed E-state index contributed by atoms with van der Waals surface area (Å²) in [6.45, 7) is 9.55. The molecule has 1 aliphatic heterocycles. The Bertz CT molecular complexity index is 570. The van der Waals surface area contributed by atoms with Crippen molar-refractivity contribution >= 4 is 35.0 Å². The van der Waals surface area contributed by atoms with E-state index in [0.29, 0.717) is 18.0 Å². The predicted molar refractivity (Wildman–Crippen MR) is 98.7 cm³/mol. The molecule has 0 aromatic carbocycles. The highest BCUT2D eigenvalue weighted by Gasteiger charge is 2.28. The van der Waals surface area contributed by atoms with Crippen molar-refractivity contribution in [1.82, 2.24) is 20.5 Å². The molecule has 1 aliphatic rings. The molecule has 0 radical (unpaired) electrons. The van der Waals surface area contributed by atoms with E-state index in [1.807, 2.05) is 18.7 Å². The number of rotatable bonds is 4. The summed E-state index contributed by atoms with van der Waals surface area (Å²) in [5.74, 6) is 1.95. The van der Waals surface area contributed by atoms with E-state index in [1.54, 1.807) is 12.6 Å². The van der Waals surface area contributed by atoms with E-state index in [4.69, 9.17) is 0 Å². The highest BCUT2D eigenvalue weighted by Crippen LogP contribution is 2.29. The Kier molecular flexibility index (Phi) is 6.29. The van der Waals surface area contributed by atoms with Crippen molar-refractivity contribution in [1.29, 1.82) is 0 Å². The van der Waals surface area contributed by atoms with Crippen LogP contribution in [0.1, 0.15) is 29.2 Å². The van der Waals surface area contributed by atoms with Gasteiger partial charge in [-0.3, -0.25) is 9.79 Å². The number of carbonyl (C=O) groups is 1. The van der Waals surface area contributed by atoms with Crippen LogP contribution in [0.4, 0.5) is 0 Å². The molecule has 1 amide bonds. The highest BCUT2D eigenvalue weighted by molar-refractivity contribution is 8.00. The predicted octanol–water partition coefficient (Wildman–Crippen LogP) is 1.58. The highest BCUT2D eigenvalue weighted by atomic mass is 32.2. The third kappa shape index (κ3) is 5.10. The molecule has 1 aromatic rings. The van der Waals surface area contributed by atoms with Gasteiger partial charge >= 0.3 is 0 Å². The average molecular weight is 356 g/mol. The second-order valence-electron chi connectivity index (χ2n) is 6.03. The number of aliphatic imine (C=N–C) groups is 1. The van der Waals surface area contributed by atoms with E-state index < -0.39 is 0 Å². The summed E-state index contributed by atoms with van der Waals surface area (Å²) >= 11 is 3.37. The van der Waals surface area contributed by atoms with Crippen molar-refractivity contribution in [2.24, 2.45) is 4.99 Å². The first-order valence-corrected chi connectivity index (χ1v) is 9.57. The third-order valence-corrected chi connectivity index (χ3v) is 5.81. The Morgan fingerprint density at radius 3 is 2.78 bits per heavy atom. The summed E-state index contributed by atoms with van der Waals surface area (Å²) in [5.41, 5.74) is 2.48. The summed E-state index contributed by atoms with van der Waals surface area (Å²) in [5, 5.41) is 6.25. The molecule has 1 aromatic heterocycles. The Morgan fingerprint density at radius 1 is 1.43 bits per heavy atom. The zero-order valence-electron chi connectivity index (χ0n) is 14.2. The van der Waals surface area contributed by atoms with Crippen molar-refractivity contribution in [2.75, 3.05) is 39.0 Å². The van der Waals surface area contributed by atoms with Crippen LogP contribution in [0.25, 0.3) is 0 Å². The summed E-state index contributed by atoms with van der Waals surface area (Å²) in [4.78, 5) is 23.4. The Morgan fingerprint density at radius 2 is 2.17 bits per heavy atom. The molecular formula is C15H25N5OS2. The lowest BCUT2D eigenvalue weighted by Gasteiger charge is -2.39. The maximum atomic E-state index is 12.0. The summed E-state index contributed by atoms with van der Waals surface area (Å²) < 4.78 is 0.244. The minimum Gasteiger partial charge on any atom is -0.354 e. The summed E-state index contributed by atoms with van der Waals surface area (Å²) in [6, 6.07) is 0. The van der Waals surface area contributed by atoms with Crippen LogP contribution in [0.5, 0.6) is 0 Å². The van der Waals surface area contributed by atoms with Gasteiger partial charge in [0.25, 0.3) is 5.91 Å². The number of nitrogens with zero attached hydrogens (tertiary/aromatic N) is 3. The van der Waals surface area contributed by atoms with Gasteiger partial charge in [0.2, 0.25) is 0 Å². The van der Waals surface area contributed by atoms with Crippen molar-refractivity contribution < 1.29 is 4.79 Å². The minimum atomic E-state index is -0.0581. The monoisotopic (exact) mass is 355 g/mol. The molecule has 6 nitrogen and oxygen atoms in total. The second kappa shape index (κ2) is 8.01. The fourth-order valence-electron chi connectivity index (χ4n) is 2.48. The van der Waals surface area contributed by atoms with Crippen LogP contribution in [0.15, 0.2) is 10.5 Å². The van der Waals surface area contributed by atoms with E-state index in [2.05, 4.69) is 39.4 Å². The number of hydrogen-bond donors (Lipinski definition) is 2. The molecule has 2 N–H and O–H groups in total. The van der Waals surface area contributed by atoms with Gasteiger partial charge in [-0.1, -0.05) is 0 Å². The molecule has 0 bridgehead atoms. The van der Waals surface area contributed by atoms with Crippen molar-refractivity contribution in [3.05, 3.63) is 16.1 Å². The van der Waals surface area contributed by atoms with Gasteiger partial charge in [-0.05, 0) is 20.8 Å². The van der Waals surface area contributed by atoms with Gasteiger partial charge in [-0.25, -0.2) is 4.98 Å². The summed E-state index contributed by atoms with van der Waals surface area (Å²) in [7, 11) is 1.80. The number of amides is 1. The fraction of sp³-hybridized carbons (Fsp3) is 0.667. The minimum absolute atomic E-state index is 0.0581. The maximum absolute atomic E-state index is 12.0. The quantitative estimate of drug-likeness (QED) is 0.488. The molecule has 0 unspecified atom stereocenters. The first-order valence-electron chi connectivity index (χ1n) is 7.71. The summed E-state index contributed by atoms with van der Waals surface area (Å²) in [6.07, 6.45) is 0. The fourth-order valence-corrected chi connectivity index (χ4v) is 4.31. The number of nitrogens with one attached hydrogen (secondary N) is 2. The van der Waals surface area contributed by atoms with E-state index in [1.165, 1.54) is 11.3 Å². The van der Waals surface area contributed by atoms with Crippen LogP contribution >= 0.6 is 23.1 Å². The number of aromatic nitrogens is 1. The molecule has 1 saturated heterocycles. The average Bonchev–Trinajstić information content (AvgIpc) is 2.92. The van der Waals surface area contributed by atoms with Gasteiger partial charge in [-0.15, -0.1) is 11.3 Å². The van der Waals surface area contributed by atoms with E-state index in [9.17, 15) is 4.79 Å². The second-order valence-corrected chi connectivity index (χ2v) is 8.68. The Labute approximate surface area is 146 Å². The smallest absolute Gasteiger partial charge is 0.263 e. The van der Waals surface area contributed by atoms with Gasteiger partial charge in [0.1, 0.15) is 4.88 Å². The van der Waals surface area contributed by atoms with Crippen molar-refractivity contribution in [3.8, 4) is 0 Å². The lowest BCUT2D eigenvalue weighted by atomic mass is 10.2. The normalized spacial score (nSPS) is 17.9. The van der Waals surface area contributed by atoms with Crippen LogP contribution in [0.3, 0.4) is 0 Å². The SMILES string of the molecule is CN=C(NCCNC(=O)c1scnc1C)N1CCSC(C)(C)C1. The Hall–Kier alpha value is -1.28. The van der Waals surface area contributed by atoms with Gasteiger partial charge < -0.3 is 15.5 Å². The maximum Gasteiger partial charge on any atom is 0.263 e. The third-order valence-electron chi connectivity index (χ3n) is 3.58. The molecule has 128 valence electrons. The van der Waals surface area contributed by atoms with Crippen molar-refractivity contribution in [3.63, 3.8) is 0 Å². The number of aryl methyl sites for hydroxylation is 1. The molecule has 8 heteroatoms. The number of guanidine groups is 1. The lowest BCUT2D eigenvalue weighted by Crippen LogP contribution is -2.51. The first kappa shape index (κ1) is 18.1. The van der Waals surface area contributed by atoms with Gasteiger partial charge in [0.15, 0.2) is 5.96 Å². The molecule has 0 atom stereocenters. The number of thiazole rings is 1. The van der Waals surface area contributed by atoms with Crippen molar-refractivity contribution in [2.45, 2.75) is 25.5 Å². The molecule has 0 spiro atoms. The molecule has 0 saturated carbocycles. The first-order chi connectivity index (χ1) is 10.9. The largest absolute Gasteiger partial charge is 0.354 e. The molecule has 0 aliphatic carbocycles. The molecule has 1 fully saturated rings. The topological polar surface area (TPSA) is 69.6 Å².